The van der Waals surface area contributed by atoms with Crippen LogP contribution in [0.1, 0.15) is 58.0 Å². The van der Waals surface area contributed by atoms with Gasteiger partial charge in [0.25, 0.3) is 0 Å². The second-order valence-corrected chi connectivity index (χ2v) is 7.66. The number of carbonyl (C=O) groups excluding carboxylic acids is 1. The summed E-state index contributed by atoms with van der Waals surface area (Å²) in [4.78, 5) is 36.9. The Morgan fingerprint density at radius 1 is 1.06 bits per heavy atom. The number of hydrogen-bond acceptors (Lipinski definition) is 7. The topological polar surface area (TPSA) is 112 Å². The highest BCUT2D eigenvalue weighted by molar-refractivity contribution is 6.07. The van der Waals surface area contributed by atoms with Gasteiger partial charge in [0.15, 0.2) is 17.3 Å². The number of ether oxygens (including phenoxy) is 3. The highest BCUT2D eigenvalue weighted by Crippen LogP contribution is 2.38. The fourth-order valence-electron chi connectivity index (χ4n) is 3.76. The molecule has 1 heterocycles. The molecule has 1 unspecified atom stereocenters. The molecule has 34 heavy (non-hydrogen) atoms. The largest absolute Gasteiger partial charge is 0.493 e. The average Bonchev–Trinajstić information content (AvgIpc) is 2.84. The normalized spacial score (nSPS) is 12.0. The van der Waals surface area contributed by atoms with Crippen molar-refractivity contribution in [2.24, 2.45) is 0 Å². The first-order valence-corrected chi connectivity index (χ1v) is 10.6. The molecule has 0 radical (unpaired) electrons. The average molecular weight is 466 g/mol. The Morgan fingerprint density at radius 3 is 2.24 bits per heavy atom. The molecule has 8 heteroatoms. The number of rotatable bonds is 9. The summed E-state index contributed by atoms with van der Waals surface area (Å²) < 4.78 is 21.1. The smallest absolute Gasteiger partial charge is 0.351 e. The second kappa shape index (κ2) is 10.2. The van der Waals surface area contributed by atoms with Crippen molar-refractivity contribution in [2.75, 3.05) is 21.3 Å². The summed E-state index contributed by atoms with van der Waals surface area (Å²) in [6.07, 6.45) is 3.64. The van der Waals surface area contributed by atoms with Crippen LogP contribution in [0.15, 0.2) is 45.6 Å². The van der Waals surface area contributed by atoms with Crippen LogP contribution in [0.25, 0.3) is 17.0 Å². The van der Waals surface area contributed by atoms with Crippen LogP contribution in [0.5, 0.6) is 17.2 Å². The Balaban J connectivity index is 2.06. The molecule has 0 spiro atoms. The second-order valence-electron chi connectivity index (χ2n) is 7.66. The third-order valence-corrected chi connectivity index (χ3v) is 5.67. The summed E-state index contributed by atoms with van der Waals surface area (Å²) >= 11 is 0. The van der Waals surface area contributed by atoms with Gasteiger partial charge in [-0.3, -0.25) is 4.79 Å². The molecule has 0 fully saturated rings. The van der Waals surface area contributed by atoms with Gasteiger partial charge < -0.3 is 23.7 Å². The predicted octanol–water partition coefficient (Wildman–Crippen LogP) is 4.93. The van der Waals surface area contributed by atoms with Gasteiger partial charge in [-0.15, -0.1) is 0 Å². The Morgan fingerprint density at radius 2 is 1.71 bits per heavy atom. The van der Waals surface area contributed by atoms with Gasteiger partial charge in [0.05, 0.1) is 21.3 Å². The molecule has 0 saturated heterocycles. The van der Waals surface area contributed by atoms with E-state index in [4.69, 9.17) is 18.6 Å². The van der Waals surface area contributed by atoms with E-state index in [9.17, 15) is 19.5 Å². The van der Waals surface area contributed by atoms with Crippen LogP contribution < -0.4 is 19.8 Å². The highest BCUT2D eigenvalue weighted by Gasteiger charge is 2.24. The van der Waals surface area contributed by atoms with Gasteiger partial charge in [-0.25, -0.2) is 9.59 Å². The number of methoxy groups -OCH3 is 3. The summed E-state index contributed by atoms with van der Waals surface area (Å²) in [7, 11) is 4.41. The first kappa shape index (κ1) is 24.6. The van der Waals surface area contributed by atoms with Crippen molar-refractivity contribution in [3.8, 4) is 17.2 Å². The van der Waals surface area contributed by atoms with Gasteiger partial charge in [0, 0.05) is 10.9 Å². The van der Waals surface area contributed by atoms with Gasteiger partial charge in [-0.05, 0) is 53.8 Å². The number of allylic oxidation sites excluding steroid dienone is 1. The Hall–Kier alpha value is -4.07. The molecule has 8 nitrogen and oxygen atoms in total. The molecule has 0 aliphatic carbocycles. The van der Waals surface area contributed by atoms with E-state index in [0.717, 1.165) is 0 Å². The molecule has 0 amide bonds. The van der Waals surface area contributed by atoms with Crippen molar-refractivity contribution in [3.63, 3.8) is 0 Å². The van der Waals surface area contributed by atoms with Gasteiger partial charge in [-0.2, -0.15) is 0 Å². The SMILES string of the molecule is CCC(C)c1c(C(=O)O)c(=O)oc2ccc(C=CC(=O)c3cc(OC)c(OC)c(OC)c3)cc12. The van der Waals surface area contributed by atoms with E-state index in [1.165, 1.54) is 27.4 Å². The quantitative estimate of drug-likeness (QED) is 0.268. The zero-order valence-electron chi connectivity index (χ0n) is 19.6. The van der Waals surface area contributed by atoms with E-state index in [0.29, 0.717) is 51.3 Å². The van der Waals surface area contributed by atoms with Crippen molar-refractivity contribution >= 4 is 28.8 Å². The monoisotopic (exact) mass is 466 g/mol. The molecule has 0 aliphatic rings. The van der Waals surface area contributed by atoms with E-state index in [1.807, 2.05) is 13.8 Å². The van der Waals surface area contributed by atoms with E-state index in [2.05, 4.69) is 0 Å². The first-order valence-electron chi connectivity index (χ1n) is 10.6. The van der Waals surface area contributed by atoms with E-state index in [1.54, 1.807) is 36.4 Å². The summed E-state index contributed by atoms with van der Waals surface area (Å²) in [5.41, 5.74) is 0.451. The Kier molecular flexibility index (Phi) is 7.40. The third kappa shape index (κ3) is 4.66. The molecular formula is C26H26O8. The molecular weight excluding hydrogens is 440 g/mol. The Bertz CT molecular complexity index is 1310. The zero-order valence-corrected chi connectivity index (χ0v) is 19.6. The minimum absolute atomic E-state index is 0.183. The predicted molar refractivity (Wildman–Crippen MR) is 128 cm³/mol. The van der Waals surface area contributed by atoms with Crippen LogP contribution in [0, 0.1) is 0 Å². The van der Waals surface area contributed by atoms with Gasteiger partial charge >= 0.3 is 11.6 Å². The van der Waals surface area contributed by atoms with Crippen LogP contribution in [0.2, 0.25) is 0 Å². The zero-order chi connectivity index (χ0) is 25.0. The number of carboxylic acids is 1. The fourth-order valence-corrected chi connectivity index (χ4v) is 3.76. The van der Waals surface area contributed by atoms with Crippen LogP contribution in [0.3, 0.4) is 0 Å². The molecule has 3 aromatic rings. The summed E-state index contributed by atoms with van der Waals surface area (Å²) in [5, 5.41) is 10.1. The van der Waals surface area contributed by atoms with Crippen LogP contribution in [-0.4, -0.2) is 38.2 Å². The van der Waals surface area contributed by atoms with Crippen molar-refractivity contribution < 1.29 is 33.3 Å². The molecule has 1 atom stereocenters. The summed E-state index contributed by atoms with van der Waals surface area (Å²) in [6, 6.07) is 8.11. The van der Waals surface area contributed by atoms with Crippen molar-refractivity contribution in [1.82, 2.24) is 0 Å². The molecule has 3 rings (SSSR count). The van der Waals surface area contributed by atoms with Gasteiger partial charge in [-0.1, -0.05) is 26.0 Å². The van der Waals surface area contributed by atoms with E-state index >= 15 is 0 Å². The Labute approximate surface area is 196 Å². The van der Waals surface area contributed by atoms with Crippen molar-refractivity contribution in [2.45, 2.75) is 26.2 Å². The lowest BCUT2D eigenvalue weighted by atomic mass is 9.91. The van der Waals surface area contributed by atoms with Crippen molar-refractivity contribution in [1.29, 1.82) is 0 Å². The van der Waals surface area contributed by atoms with Crippen LogP contribution >= 0.6 is 0 Å². The van der Waals surface area contributed by atoms with E-state index in [-0.39, 0.29) is 17.3 Å². The fraction of sp³-hybridized carbons (Fsp3) is 0.269. The lowest BCUT2D eigenvalue weighted by Gasteiger charge is -2.15. The number of carbonyl (C=O) groups is 2. The van der Waals surface area contributed by atoms with Gasteiger partial charge in [0.2, 0.25) is 5.75 Å². The van der Waals surface area contributed by atoms with E-state index < -0.39 is 11.6 Å². The maximum absolute atomic E-state index is 12.9. The highest BCUT2D eigenvalue weighted by atomic mass is 16.5. The lowest BCUT2D eigenvalue weighted by molar-refractivity contribution is 0.0690. The maximum Gasteiger partial charge on any atom is 0.351 e. The molecule has 0 saturated carbocycles. The minimum atomic E-state index is -1.33. The van der Waals surface area contributed by atoms with Crippen LogP contribution in [-0.2, 0) is 0 Å². The number of aromatic carboxylic acids is 1. The minimum Gasteiger partial charge on any atom is -0.493 e. The molecule has 1 aromatic heterocycles. The maximum atomic E-state index is 12.9. The first-order chi connectivity index (χ1) is 16.2. The molecule has 1 N–H and O–H groups in total. The third-order valence-electron chi connectivity index (χ3n) is 5.67. The molecule has 0 aliphatic heterocycles. The number of hydrogen-bond donors (Lipinski definition) is 1. The summed E-state index contributed by atoms with van der Waals surface area (Å²) in [5.74, 6) is -0.708. The van der Waals surface area contributed by atoms with Crippen molar-refractivity contribution in [3.05, 3.63) is 69.1 Å². The molecule has 2 aromatic carbocycles. The standard InChI is InChI=1S/C26H26O8/c1-6-14(2)22-17-11-15(8-10-19(17)34-26(30)23(22)25(28)29)7-9-18(27)16-12-20(31-3)24(33-5)21(13-16)32-4/h7-14H,6H2,1-5H3,(H,28,29). The lowest BCUT2D eigenvalue weighted by Crippen LogP contribution is -2.18. The number of benzene rings is 2. The molecule has 178 valence electrons. The van der Waals surface area contributed by atoms with Gasteiger partial charge in [0.1, 0.15) is 11.1 Å². The summed E-state index contributed by atoms with van der Waals surface area (Å²) in [6.45, 7) is 3.77. The number of carboxylic acid groups (broad SMARTS) is 1. The molecule has 0 bridgehead atoms. The number of ketones is 1. The number of fused-ring (bicyclic) bond motifs is 1. The van der Waals surface area contributed by atoms with Crippen LogP contribution in [0.4, 0.5) is 0 Å².